The molecule has 0 radical (unpaired) electrons. The zero-order chi connectivity index (χ0) is 18.8. The molecule has 0 aromatic carbocycles. The summed E-state index contributed by atoms with van der Waals surface area (Å²) in [7, 11) is 0. The summed E-state index contributed by atoms with van der Waals surface area (Å²) in [4.78, 5) is 22.6. The average molecular weight is 362 g/mol. The maximum absolute atomic E-state index is 12.5. The molecule has 1 atom stereocenters. The SMILES string of the molecule is CCCCCC(C)OC(=O)CCCC(=O)OCC(F)(F)C(F)(F)F. The molecule has 0 aliphatic rings. The van der Waals surface area contributed by atoms with Crippen molar-refractivity contribution in [1.29, 1.82) is 0 Å². The van der Waals surface area contributed by atoms with Crippen LogP contribution in [0.25, 0.3) is 0 Å². The van der Waals surface area contributed by atoms with E-state index < -0.39 is 37.1 Å². The first kappa shape index (κ1) is 22.6. The van der Waals surface area contributed by atoms with E-state index in [0.717, 1.165) is 19.3 Å². The summed E-state index contributed by atoms with van der Waals surface area (Å²) in [6.45, 7) is 1.72. The summed E-state index contributed by atoms with van der Waals surface area (Å²) in [5.41, 5.74) is 0. The number of halogens is 5. The molecule has 0 N–H and O–H groups in total. The summed E-state index contributed by atoms with van der Waals surface area (Å²) in [6, 6.07) is 0. The highest BCUT2D eigenvalue weighted by molar-refractivity contribution is 5.72. The van der Waals surface area contributed by atoms with E-state index in [4.69, 9.17) is 4.74 Å². The molecule has 24 heavy (non-hydrogen) atoms. The van der Waals surface area contributed by atoms with Crippen LogP contribution in [0.1, 0.15) is 58.8 Å². The number of unbranched alkanes of at least 4 members (excludes halogenated alkanes) is 2. The Hall–Kier alpha value is -1.41. The molecule has 4 nitrogen and oxygen atoms in total. The molecule has 0 aliphatic heterocycles. The third-order valence-corrected chi connectivity index (χ3v) is 3.14. The molecule has 0 saturated carbocycles. The van der Waals surface area contributed by atoms with Crippen LogP contribution in [-0.4, -0.2) is 36.7 Å². The van der Waals surface area contributed by atoms with Gasteiger partial charge in [-0.25, -0.2) is 0 Å². The molecule has 9 heteroatoms. The molecular formula is C15H23F5O4. The standard InChI is InChI=1S/C15H23F5O4/c1-3-4-5-7-11(2)24-13(22)9-6-8-12(21)23-10-14(16,17)15(18,19)20/h11H,3-10H2,1-2H3. The Morgan fingerprint density at radius 1 is 0.958 bits per heavy atom. The van der Waals surface area contributed by atoms with E-state index in [0.29, 0.717) is 6.42 Å². The minimum Gasteiger partial charge on any atom is -0.463 e. The van der Waals surface area contributed by atoms with Gasteiger partial charge in [0.2, 0.25) is 0 Å². The predicted octanol–water partition coefficient (Wildman–Crippen LogP) is 4.41. The van der Waals surface area contributed by atoms with Crippen molar-refractivity contribution in [3.05, 3.63) is 0 Å². The lowest BCUT2D eigenvalue weighted by atomic mass is 10.1. The fourth-order valence-corrected chi connectivity index (χ4v) is 1.73. The largest absolute Gasteiger partial charge is 0.463 e. The minimum absolute atomic E-state index is 0.0447. The fourth-order valence-electron chi connectivity index (χ4n) is 1.73. The van der Waals surface area contributed by atoms with E-state index in [1.807, 2.05) is 6.92 Å². The van der Waals surface area contributed by atoms with Crippen LogP contribution in [0.2, 0.25) is 0 Å². The monoisotopic (exact) mass is 362 g/mol. The van der Waals surface area contributed by atoms with Gasteiger partial charge in [-0.15, -0.1) is 0 Å². The smallest absolute Gasteiger partial charge is 0.456 e. The van der Waals surface area contributed by atoms with Crippen molar-refractivity contribution in [1.82, 2.24) is 0 Å². The molecule has 0 saturated heterocycles. The van der Waals surface area contributed by atoms with Crippen molar-refractivity contribution < 1.29 is 41.0 Å². The highest BCUT2D eigenvalue weighted by Gasteiger charge is 2.58. The van der Waals surface area contributed by atoms with Gasteiger partial charge in [0, 0.05) is 12.8 Å². The number of ether oxygens (including phenoxy) is 2. The Kier molecular flexibility index (Phi) is 9.84. The Labute approximate surface area is 137 Å². The molecule has 0 aliphatic carbocycles. The Morgan fingerprint density at radius 3 is 2.08 bits per heavy atom. The lowest BCUT2D eigenvalue weighted by Crippen LogP contribution is -2.41. The van der Waals surface area contributed by atoms with Gasteiger partial charge in [0.1, 0.15) is 0 Å². The lowest BCUT2D eigenvalue weighted by molar-refractivity contribution is -0.294. The first-order valence-electron chi connectivity index (χ1n) is 7.79. The van der Waals surface area contributed by atoms with Crippen molar-refractivity contribution in [2.24, 2.45) is 0 Å². The van der Waals surface area contributed by atoms with Gasteiger partial charge in [0.15, 0.2) is 6.61 Å². The van der Waals surface area contributed by atoms with Crippen molar-refractivity contribution in [3.8, 4) is 0 Å². The molecular weight excluding hydrogens is 339 g/mol. The molecule has 0 aromatic heterocycles. The second kappa shape index (κ2) is 10.5. The number of carbonyl (C=O) groups excluding carboxylic acids is 2. The predicted molar refractivity (Wildman–Crippen MR) is 75.5 cm³/mol. The summed E-state index contributed by atoms with van der Waals surface area (Å²) in [6.07, 6.45) is -2.95. The van der Waals surface area contributed by atoms with E-state index in [-0.39, 0.29) is 18.9 Å². The summed E-state index contributed by atoms with van der Waals surface area (Å²) < 4.78 is 69.7. The average Bonchev–Trinajstić information content (AvgIpc) is 2.44. The van der Waals surface area contributed by atoms with Crippen LogP contribution in [0.3, 0.4) is 0 Å². The molecule has 0 aromatic rings. The zero-order valence-corrected chi connectivity index (χ0v) is 13.8. The quantitative estimate of drug-likeness (QED) is 0.310. The maximum atomic E-state index is 12.5. The Balaban J connectivity index is 3.90. The Bertz CT molecular complexity index is 396. The fraction of sp³-hybridized carbons (Fsp3) is 0.867. The number of esters is 2. The number of hydrogen-bond donors (Lipinski definition) is 0. The Morgan fingerprint density at radius 2 is 1.54 bits per heavy atom. The molecule has 0 heterocycles. The van der Waals surface area contributed by atoms with Crippen LogP contribution < -0.4 is 0 Å². The first-order valence-corrected chi connectivity index (χ1v) is 7.79. The van der Waals surface area contributed by atoms with Crippen molar-refractivity contribution in [2.45, 2.75) is 77.0 Å². The topological polar surface area (TPSA) is 52.6 Å². The third-order valence-electron chi connectivity index (χ3n) is 3.14. The van der Waals surface area contributed by atoms with E-state index >= 15 is 0 Å². The van der Waals surface area contributed by atoms with Crippen LogP contribution >= 0.6 is 0 Å². The highest BCUT2D eigenvalue weighted by Crippen LogP contribution is 2.35. The van der Waals surface area contributed by atoms with Crippen LogP contribution in [0.5, 0.6) is 0 Å². The number of rotatable bonds is 11. The van der Waals surface area contributed by atoms with Gasteiger partial charge in [-0.05, 0) is 26.2 Å². The van der Waals surface area contributed by atoms with E-state index in [2.05, 4.69) is 4.74 Å². The number of carbonyl (C=O) groups is 2. The minimum atomic E-state index is -5.77. The number of alkyl halides is 5. The van der Waals surface area contributed by atoms with Gasteiger partial charge in [-0.1, -0.05) is 19.8 Å². The molecule has 0 spiro atoms. The highest BCUT2D eigenvalue weighted by atomic mass is 19.4. The van der Waals surface area contributed by atoms with Crippen molar-refractivity contribution >= 4 is 11.9 Å². The molecule has 0 amide bonds. The van der Waals surface area contributed by atoms with E-state index in [9.17, 15) is 31.5 Å². The van der Waals surface area contributed by atoms with Gasteiger partial charge in [-0.2, -0.15) is 22.0 Å². The van der Waals surface area contributed by atoms with Gasteiger partial charge >= 0.3 is 24.0 Å². The maximum Gasteiger partial charge on any atom is 0.456 e. The van der Waals surface area contributed by atoms with E-state index in [1.165, 1.54) is 0 Å². The van der Waals surface area contributed by atoms with Crippen LogP contribution in [-0.2, 0) is 19.1 Å². The zero-order valence-electron chi connectivity index (χ0n) is 13.8. The number of hydrogen-bond acceptors (Lipinski definition) is 4. The first-order chi connectivity index (χ1) is 11.0. The molecule has 0 bridgehead atoms. The molecule has 1 unspecified atom stereocenters. The second-order valence-corrected chi connectivity index (χ2v) is 5.51. The van der Waals surface area contributed by atoms with E-state index in [1.54, 1.807) is 6.92 Å². The normalized spacial score (nSPS) is 13.5. The van der Waals surface area contributed by atoms with Gasteiger partial charge in [-0.3, -0.25) is 9.59 Å². The summed E-state index contributed by atoms with van der Waals surface area (Å²) in [5.74, 6) is -6.86. The lowest BCUT2D eigenvalue weighted by Gasteiger charge is -2.19. The summed E-state index contributed by atoms with van der Waals surface area (Å²) in [5, 5.41) is 0. The van der Waals surface area contributed by atoms with Gasteiger partial charge < -0.3 is 9.47 Å². The third kappa shape index (κ3) is 9.67. The van der Waals surface area contributed by atoms with Gasteiger partial charge in [0.05, 0.1) is 6.10 Å². The van der Waals surface area contributed by atoms with Crippen LogP contribution in [0, 0.1) is 0 Å². The molecule has 142 valence electrons. The van der Waals surface area contributed by atoms with Crippen molar-refractivity contribution in [2.75, 3.05) is 6.61 Å². The van der Waals surface area contributed by atoms with Gasteiger partial charge in [0.25, 0.3) is 0 Å². The molecule has 0 fully saturated rings. The second-order valence-electron chi connectivity index (χ2n) is 5.51. The van der Waals surface area contributed by atoms with Crippen LogP contribution in [0.15, 0.2) is 0 Å². The van der Waals surface area contributed by atoms with Crippen LogP contribution in [0.4, 0.5) is 22.0 Å². The van der Waals surface area contributed by atoms with Crippen molar-refractivity contribution in [3.63, 3.8) is 0 Å². The summed E-state index contributed by atoms with van der Waals surface area (Å²) >= 11 is 0. The molecule has 0 rings (SSSR count).